The van der Waals surface area contributed by atoms with E-state index in [9.17, 15) is 15.0 Å². The van der Waals surface area contributed by atoms with Gasteiger partial charge in [0.05, 0.1) is 24.9 Å². The van der Waals surface area contributed by atoms with Crippen LogP contribution < -0.4 is 10.6 Å². The fraction of sp³-hybridized carbons (Fsp3) is 0.406. The third kappa shape index (κ3) is 7.27. The van der Waals surface area contributed by atoms with Crippen LogP contribution in [-0.4, -0.2) is 53.4 Å². The summed E-state index contributed by atoms with van der Waals surface area (Å²) >= 11 is 0. The summed E-state index contributed by atoms with van der Waals surface area (Å²) in [5, 5.41) is 26.1. The number of urea groups is 1. The Bertz CT molecular complexity index is 1210. The van der Waals surface area contributed by atoms with Gasteiger partial charge in [-0.3, -0.25) is 4.90 Å². The molecule has 3 aromatic carbocycles. The smallest absolute Gasteiger partial charge is 0.319 e. The van der Waals surface area contributed by atoms with Crippen molar-refractivity contribution < 1.29 is 24.5 Å². The number of ether oxygens (including phenoxy) is 2. The molecule has 6 atom stereocenters. The molecular formula is C32H41N3O5. The Morgan fingerprint density at radius 1 is 0.975 bits per heavy atom. The highest BCUT2D eigenvalue weighted by molar-refractivity contribution is 5.89. The lowest BCUT2D eigenvalue weighted by molar-refractivity contribution is -0.276. The van der Waals surface area contributed by atoms with Crippen LogP contribution in [0.4, 0.5) is 10.5 Å². The zero-order valence-electron chi connectivity index (χ0n) is 23.7. The van der Waals surface area contributed by atoms with Crippen molar-refractivity contribution in [3.63, 3.8) is 0 Å². The molecule has 1 fully saturated rings. The summed E-state index contributed by atoms with van der Waals surface area (Å²) in [7, 11) is 2.00. The lowest BCUT2D eigenvalue weighted by atomic mass is 9.89. The maximum atomic E-state index is 11.9. The van der Waals surface area contributed by atoms with Crippen LogP contribution in [0, 0.1) is 5.92 Å². The first kappa shape index (κ1) is 29.7. The second-order valence-corrected chi connectivity index (χ2v) is 10.5. The SMILES string of the molecule is CCNC(=O)Nc1ccc([C@@H]2O[C@H](CN(C)[C@@H](C)[C@H](O)c3ccccc3)[C@H](C)[C@H](c3ccc(CO)cc3)O2)cc1. The summed E-state index contributed by atoms with van der Waals surface area (Å²) in [6.07, 6.45) is -1.69. The Hall–Kier alpha value is -3.27. The molecule has 0 unspecified atom stereocenters. The van der Waals surface area contributed by atoms with Crippen molar-refractivity contribution >= 4 is 11.7 Å². The average Bonchev–Trinajstić information content (AvgIpc) is 2.98. The fourth-order valence-corrected chi connectivity index (χ4v) is 5.01. The monoisotopic (exact) mass is 547 g/mol. The number of likely N-dealkylation sites (N-methyl/N-ethyl adjacent to an activating group) is 1. The highest BCUT2D eigenvalue weighted by Crippen LogP contribution is 2.42. The van der Waals surface area contributed by atoms with Gasteiger partial charge in [-0.05, 0) is 49.7 Å². The van der Waals surface area contributed by atoms with E-state index >= 15 is 0 Å². The van der Waals surface area contributed by atoms with Gasteiger partial charge in [-0.15, -0.1) is 0 Å². The molecule has 4 N–H and O–H groups in total. The van der Waals surface area contributed by atoms with Crippen LogP contribution in [0.5, 0.6) is 0 Å². The molecule has 2 amide bonds. The van der Waals surface area contributed by atoms with Crippen LogP contribution in [0.1, 0.15) is 61.5 Å². The van der Waals surface area contributed by atoms with Crippen LogP contribution in [0.3, 0.4) is 0 Å². The predicted molar refractivity (Wildman–Crippen MR) is 156 cm³/mol. The van der Waals surface area contributed by atoms with Crippen molar-refractivity contribution in [1.29, 1.82) is 0 Å². The Labute approximate surface area is 236 Å². The quantitative estimate of drug-likeness (QED) is 0.279. The molecule has 0 aliphatic carbocycles. The molecule has 0 bridgehead atoms. The number of aliphatic hydroxyl groups excluding tert-OH is 2. The molecule has 0 aromatic heterocycles. The van der Waals surface area contributed by atoms with E-state index in [1.54, 1.807) is 0 Å². The Morgan fingerprint density at radius 2 is 1.62 bits per heavy atom. The van der Waals surface area contributed by atoms with E-state index in [0.29, 0.717) is 18.8 Å². The highest BCUT2D eigenvalue weighted by atomic mass is 16.7. The van der Waals surface area contributed by atoms with E-state index < -0.39 is 12.4 Å². The fourth-order valence-electron chi connectivity index (χ4n) is 5.01. The minimum Gasteiger partial charge on any atom is -0.392 e. The molecule has 8 nitrogen and oxygen atoms in total. The molecule has 0 spiro atoms. The average molecular weight is 548 g/mol. The van der Waals surface area contributed by atoms with Gasteiger partial charge in [0.1, 0.15) is 0 Å². The summed E-state index contributed by atoms with van der Waals surface area (Å²) in [6, 6.07) is 24.6. The molecule has 1 heterocycles. The maximum absolute atomic E-state index is 11.9. The topological polar surface area (TPSA) is 103 Å². The Kier molecular flexibility index (Phi) is 10.3. The van der Waals surface area contributed by atoms with Gasteiger partial charge in [0.15, 0.2) is 6.29 Å². The van der Waals surface area contributed by atoms with Gasteiger partial charge < -0.3 is 30.3 Å². The summed E-state index contributed by atoms with van der Waals surface area (Å²) in [5.41, 5.74) is 4.25. The molecular weight excluding hydrogens is 506 g/mol. The molecule has 0 radical (unpaired) electrons. The first-order valence-corrected chi connectivity index (χ1v) is 13.9. The number of hydrogen-bond donors (Lipinski definition) is 4. The lowest BCUT2D eigenvalue weighted by Crippen LogP contribution is -2.46. The van der Waals surface area contributed by atoms with E-state index in [-0.39, 0.29) is 36.8 Å². The lowest BCUT2D eigenvalue weighted by Gasteiger charge is -2.43. The van der Waals surface area contributed by atoms with Crippen LogP contribution in [0.25, 0.3) is 0 Å². The normalized spacial score (nSPS) is 22.5. The van der Waals surface area contributed by atoms with Crippen LogP contribution in [0.2, 0.25) is 0 Å². The van der Waals surface area contributed by atoms with Gasteiger partial charge in [0.2, 0.25) is 0 Å². The van der Waals surface area contributed by atoms with Crippen molar-refractivity contribution in [3.8, 4) is 0 Å². The van der Waals surface area contributed by atoms with Gasteiger partial charge in [-0.1, -0.05) is 73.7 Å². The van der Waals surface area contributed by atoms with E-state index in [2.05, 4.69) is 22.5 Å². The number of amides is 2. The highest BCUT2D eigenvalue weighted by Gasteiger charge is 2.39. The van der Waals surface area contributed by atoms with E-state index in [0.717, 1.165) is 22.3 Å². The van der Waals surface area contributed by atoms with Gasteiger partial charge >= 0.3 is 6.03 Å². The minimum atomic E-state index is -0.635. The number of carbonyl (C=O) groups is 1. The molecule has 1 aliphatic heterocycles. The maximum Gasteiger partial charge on any atom is 0.319 e. The molecule has 214 valence electrons. The zero-order chi connectivity index (χ0) is 28.6. The number of carbonyl (C=O) groups excluding carboxylic acids is 1. The van der Waals surface area contributed by atoms with E-state index in [1.165, 1.54) is 0 Å². The molecule has 40 heavy (non-hydrogen) atoms. The van der Waals surface area contributed by atoms with Gasteiger partial charge in [-0.2, -0.15) is 0 Å². The first-order chi connectivity index (χ1) is 19.3. The zero-order valence-corrected chi connectivity index (χ0v) is 23.7. The van der Waals surface area contributed by atoms with Crippen molar-refractivity contribution in [2.75, 3.05) is 25.5 Å². The van der Waals surface area contributed by atoms with E-state index in [1.807, 2.05) is 99.8 Å². The number of anilines is 1. The minimum absolute atomic E-state index is 0.0124. The second kappa shape index (κ2) is 13.9. The molecule has 1 saturated heterocycles. The molecule has 3 aromatic rings. The van der Waals surface area contributed by atoms with Crippen molar-refractivity contribution in [1.82, 2.24) is 10.2 Å². The number of benzene rings is 3. The number of hydrogen-bond acceptors (Lipinski definition) is 6. The van der Waals surface area contributed by atoms with Gasteiger partial charge in [0, 0.05) is 36.3 Å². The largest absolute Gasteiger partial charge is 0.392 e. The third-order valence-corrected chi connectivity index (χ3v) is 7.66. The van der Waals surface area contributed by atoms with Gasteiger partial charge in [0.25, 0.3) is 0 Å². The number of aliphatic hydroxyl groups is 2. The van der Waals surface area contributed by atoms with Crippen LogP contribution >= 0.6 is 0 Å². The summed E-state index contributed by atoms with van der Waals surface area (Å²) in [6.45, 7) is 7.13. The first-order valence-electron chi connectivity index (χ1n) is 13.9. The predicted octanol–water partition coefficient (Wildman–Crippen LogP) is 5.17. The standard InChI is InChI=1S/C32H41N3O5/c1-5-33-32(38)34-27-17-15-26(16-18-27)31-39-28(19-35(4)22(3)29(37)24-9-7-6-8-10-24)21(2)30(40-31)25-13-11-23(20-36)12-14-25/h6-18,21-22,28-31,36-37H,5,19-20H2,1-4H3,(H2,33,34,38)/t21-,22-,28+,29-,30+,31+/m0/s1. The van der Waals surface area contributed by atoms with E-state index in [4.69, 9.17) is 9.47 Å². The van der Waals surface area contributed by atoms with Crippen LogP contribution in [0.15, 0.2) is 78.9 Å². The molecule has 1 aliphatic rings. The van der Waals surface area contributed by atoms with Crippen molar-refractivity contribution in [2.24, 2.45) is 5.92 Å². The molecule has 8 heteroatoms. The number of nitrogens with zero attached hydrogens (tertiary/aromatic N) is 1. The number of rotatable bonds is 10. The molecule has 0 saturated carbocycles. The Balaban J connectivity index is 1.55. The second-order valence-electron chi connectivity index (χ2n) is 10.5. The van der Waals surface area contributed by atoms with Crippen molar-refractivity contribution in [2.45, 2.75) is 58.0 Å². The summed E-state index contributed by atoms with van der Waals surface area (Å²) in [4.78, 5) is 14.0. The summed E-state index contributed by atoms with van der Waals surface area (Å²) < 4.78 is 13.1. The molecule has 4 rings (SSSR count). The van der Waals surface area contributed by atoms with Crippen LogP contribution in [-0.2, 0) is 16.1 Å². The van der Waals surface area contributed by atoms with Gasteiger partial charge in [-0.25, -0.2) is 4.79 Å². The Morgan fingerprint density at radius 3 is 2.25 bits per heavy atom. The summed E-state index contributed by atoms with van der Waals surface area (Å²) in [5.74, 6) is 0.0124. The third-order valence-electron chi connectivity index (χ3n) is 7.66. The van der Waals surface area contributed by atoms with Crippen molar-refractivity contribution in [3.05, 3.63) is 101 Å². The number of nitrogens with one attached hydrogen (secondary N) is 2.